The average molecular weight is 333 g/mol. The van der Waals surface area contributed by atoms with Crippen molar-refractivity contribution in [3.05, 3.63) is 29.8 Å². The number of esters is 1. The van der Waals surface area contributed by atoms with Crippen molar-refractivity contribution in [2.75, 3.05) is 19.0 Å². The smallest absolute Gasteiger partial charge is 0.413 e. The van der Waals surface area contributed by atoms with E-state index in [2.05, 4.69) is 9.47 Å². The SMILES string of the molecule is CCOC(=O)NC(=O)COC(=O)CSc1cc(F)ccc1F. The van der Waals surface area contributed by atoms with Gasteiger partial charge in [-0.1, -0.05) is 0 Å². The zero-order valence-electron chi connectivity index (χ0n) is 11.6. The zero-order valence-corrected chi connectivity index (χ0v) is 12.4. The molecule has 6 nitrogen and oxygen atoms in total. The number of halogens is 2. The molecule has 0 aromatic heterocycles. The van der Waals surface area contributed by atoms with Gasteiger partial charge in [-0.25, -0.2) is 13.6 Å². The lowest BCUT2D eigenvalue weighted by Crippen LogP contribution is -2.34. The predicted octanol–water partition coefficient (Wildman–Crippen LogP) is 1.87. The van der Waals surface area contributed by atoms with Crippen LogP contribution in [0.5, 0.6) is 0 Å². The molecule has 0 spiro atoms. The van der Waals surface area contributed by atoms with Crippen molar-refractivity contribution >= 4 is 29.7 Å². The van der Waals surface area contributed by atoms with Crippen molar-refractivity contribution in [3.63, 3.8) is 0 Å². The molecular formula is C13H13F2NO5S. The van der Waals surface area contributed by atoms with Gasteiger partial charge in [0.25, 0.3) is 5.91 Å². The van der Waals surface area contributed by atoms with E-state index >= 15 is 0 Å². The molecule has 0 radical (unpaired) electrons. The molecule has 0 aliphatic heterocycles. The highest BCUT2D eigenvalue weighted by atomic mass is 32.2. The third kappa shape index (κ3) is 6.53. The first-order valence-electron chi connectivity index (χ1n) is 6.12. The fourth-order valence-electron chi connectivity index (χ4n) is 1.23. The van der Waals surface area contributed by atoms with Crippen LogP contribution >= 0.6 is 11.8 Å². The Labute approximate surface area is 129 Å². The van der Waals surface area contributed by atoms with Crippen LogP contribution in [-0.4, -0.2) is 36.9 Å². The van der Waals surface area contributed by atoms with Crippen LogP contribution in [0.25, 0.3) is 0 Å². The molecule has 0 saturated carbocycles. The minimum Gasteiger partial charge on any atom is -0.455 e. The van der Waals surface area contributed by atoms with E-state index in [0.717, 1.165) is 30.0 Å². The topological polar surface area (TPSA) is 81.7 Å². The molecule has 0 aliphatic rings. The summed E-state index contributed by atoms with van der Waals surface area (Å²) >= 11 is 0.730. The van der Waals surface area contributed by atoms with E-state index in [9.17, 15) is 23.2 Å². The summed E-state index contributed by atoms with van der Waals surface area (Å²) < 4.78 is 35.2. The molecular weight excluding hydrogens is 320 g/mol. The normalized spacial score (nSPS) is 9.95. The minimum atomic E-state index is -0.945. The van der Waals surface area contributed by atoms with E-state index in [0.29, 0.717) is 0 Å². The second-order valence-electron chi connectivity index (χ2n) is 3.79. The summed E-state index contributed by atoms with van der Waals surface area (Å²) in [6, 6.07) is 2.84. The number of carbonyl (C=O) groups excluding carboxylic acids is 3. The molecule has 0 atom stereocenters. The lowest BCUT2D eigenvalue weighted by molar-refractivity contribution is -0.145. The molecule has 0 aliphatic carbocycles. The molecule has 0 saturated heterocycles. The van der Waals surface area contributed by atoms with Gasteiger partial charge in [0.05, 0.1) is 12.4 Å². The van der Waals surface area contributed by atoms with E-state index < -0.39 is 36.2 Å². The van der Waals surface area contributed by atoms with Crippen LogP contribution in [0.15, 0.2) is 23.1 Å². The number of hydrogen-bond donors (Lipinski definition) is 1. The Morgan fingerprint density at radius 2 is 1.95 bits per heavy atom. The Balaban J connectivity index is 2.33. The first-order chi connectivity index (χ1) is 10.4. The summed E-state index contributed by atoms with van der Waals surface area (Å²) in [7, 11) is 0. The van der Waals surface area contributed by atoms with Gasteiger partial charge in [-0.05, 0) is 25.1 Å². The maximum absolute atomic E-state index is 13.3. The fourth-order valence-corrected chi connectivity index (χ4v) is 1.99. The number of hydrogen-bond acceptors (Lipinski definition) is 6. The summed E-state index contributed by atoms with van der Waals surface area (Å²) in [6.07, 6.45) is -0.945. The molecule has 0 bridgehead atoms. The second-order valence-corrected chi connectivity index (χ2v) is 4.81. The van der Waals surface area contributed by atoms with Gasteiger partial charge in [0.15, 0.2) is 6.61 Å². The average Bonchev–Trinajstić information content (AvgIpc) is 2.46. The van der Waals surface area contributed by atoms with E-state index in [-0.39, 0.29) is 17.3 Å². The Bertz CT molecular complexity index is 567. The number of thioether (sulfide) groups is 1. The molecule has 1 aromatic carbocycles. The van der Waals surface area contributed by atoms with Gasteiger partial charge in [-0.2, -0.15) is 0 Å². The van der Waals surface area contributed by atoms with Gasteiger partial charge in [-0.15, -0.1) is 11.8 Å². The predicted molar refractivity (Wildman–Crippen MR) is 73.2 cm³/mol. The van der Waals surface area contributed by atoms with Crippen molar-refractivity contribution in [2.45, 2.75) is 11.8 Å². The largest absolute Gasteiger partial charge is 0.455 e. The van der Waals surface area contributed by atoms with Gasteiger partial charge >= 0.3 is 12.1 Å². The Hall–Kier alpha value is -2.16. The van der Waals surface area contributed by atoms with Gasteiger partial charge in [0.2, 0.25) is 0 Å². The summed E-state index contributed by atoms with van der Waals surface area (Å²) in [5, 5.41) is 1.83. The third-order valence-corrected chi connectivity index (χ3v) is 3.12. The number of amides is 2. The van der Waals surface area contributed by atoms with Gasteiger partial charge in [-0.3, -0.25) is 14.9 Å². The molecule has 1 aromatic rings. The number of imide groups is 1. The second kappa shape index (κ2) is 8.98. The van der Waals surface area contributed by atoms with Crippen molar-refractivity contribution in [1.82, 2.24) is 5.32 Å². The maximum atomic E-state index is 13.3. The first kappa shape index (κ1) is 17.9. The summed E-state index contributed by atoms with van der Waals surface area (Å²) in [5.41, 5.74) is 0. The van der Waals surface area contributed by atoms with Crippen molar-refractivity contribution in [3.8, 4) is 0 Å². The zero-order chi connectivity index (χ0) is 16.5. The van der Waals surface area contributed by atoms with Crippen LogP contribution in [0.3, 0.4) is 0 Å². The van der Waals surface area contributed by atoms with Crippen molar-refractivity contribution in [1.29, 1.82) is 0 Å². The Kier molecular flexibility index (Phi) is 7.30. The molecule has 1 N–H and O–H groups in total. The standard InChI is InChI=1S/C13H13F2NO5S/c1-2-20-13(19)16-11(17)6-21-12(18)7-22-10-5-8(14)3-4-9(10)15/h3-5H,2,6-7H2,1H3,(H,16,17,19). The lowest BCUT2D eigenvalue weighted by Gasteiger charge is -2.06. The number of alkyl carbamates (subject to hydrolysis) is 1. The Morgan fingerprint density at radius 3 is 2.64 bits per heavy atom. The summed E-state index contributed by atoms with van der Waals surface area (Å²) in [5.74, 6) is -3.28. The van der Waals surface area contributed by atoms with Gasteiger partial charge in [0.1, 0.15) is 11.6 Å². The van der Waals surface area contributed by atoms with E-state index in [1.54, 1.807) is 6.92 Å². The third-order valence-electron chi connectivity index (χ3n) is 2.12. The number of nitrogens with one attached hydrogen (secondary N) is 1. The van der Waals surface area contributed by atoms with Crippen molar-refractivity contribution in [2.24, 2.45) is 0 Å². The maximum Gasteiger partial charge on any atom is 0.413 e. The number of carbonyl (C=O) groups is 3. The molecule has 1 rings (SSSR count). The van der Waals surface area contributed by atoms with E-state index in [1.165, 1.54) is 0 Å². The highest BCUT2D eigenvalue weighted by Crippen LogP contribution is 2.22. The van der Waals surface area contributed by atoms with Crippen molar-refractivity contribution < 1.29 is 32.6 Å². The highest BCUT2D eigenvalue weighted by Gasteiger charge is 2.13. The van der Waals surface area contributed by atoms with Gasteiger partial charge < -0.3 is 9.47 Å². The van der Waals surface area contributed by atoms with Crippen LogP contribution < -0.4 is 5.32 Å². The van der Waals surface area contributed by atoms with Crippen LogP contribution in [0.2, 0.25) is 0 Å². The lowest BCUT2D eigenvalue weighted by atomic mass is 10.3. The summed E-state index contributed by atoms with van der Waals surface area (Å²) in [6.45, 7) is 0.978. The van der Waals surface area contributed by atoms with E-state index in [4.69, 9.17) is 0 Å². The summed E-state index contributed by atoms with van der Waals surface area (Å²) in [4.78, 5) is 33.4. The van der Waals surface area contributed by atoms with Gasteiger partial charge in [0, 0.05) is 4.90 Å². The number of rotatable bonds is 6. The first-order valence-corrected chi connectivity index (χ1v) is 7.11. The number of ether oxygens (including phenoxy) is 2. The molecule has 9 heteroatoms. The molecule has 2 amide bonds. The molecule has 0 fully saturated rings. The monoisotopic (exact) mass is 333 g/mol. The van der Waals surface area contributed by atoms with Crippen LogP contribution in [0, 0.1) is 11.6 Å². The van der Waals surface area contributed by atoms with Crippen LogP contribution in [0.1, 0.15) is 6.92 Å². The van der Waals surface area contributed by atoms with Crippen LogP contribution in [0.4, 0.5) is 13.6 Å². The molecule has 22 heavy (non-hydrogen) atoms. The Morgan fingerprint density at radius 1 is 1.23 bits per heavy atom. The fraction of sp³-hybridized carbons (Fsp3) is 0.308. The van der Waals surface area contributed by atoms with Crippen LogP contribution in [-0.2, 0) is 19.1 Å². The van der Waals surface area contributed by atoms with E-state index in [1.807, 2.05) is 5.32 Å². The highest BCUT2D eigenvalue weighted by molar-refractivity contribution is 8.00. The minimum absolute atomic E-state index is 0.0482. The quantitative estimate of drug-likeness (QED) is 0.632. The molecule has 120 valence electrons. The number of benzene rings is 1. The molecule has 0 unspecified atom stereocenters. The molecule has 0 heterocycles.